The summed E-state index contributed by atoms with van der Waals surface area (Å²) in [4.78, 5) is 11.0. The van der Waals surface area contributed by atoms with E-state index in [1.807, 2.05) is 25.1 Å². The van der Waals surface area contributed by atoms with Crippen molar-refractivity contribution in [3.63, 3.8) is 0 Å². The molecule has 19 heavy (non-hydrogen) atoms. The van der Waals surface area contributed by atoms with Gasteiger partial charge in [0.05, 0.1) is 5.56 Å². The van der Waals surface area contributed by atoms with E-state index in [4.69, 9.17) is 10.8 Å². The Bertz CT molecular complexity index is 469. The Kier molecular flexibility index (Phi) is 7.80. The Labute approximate surface area is 120 Å². The van der Waals surface area contributed by atoms with Gasteiger partial charge in [-0.2, -0.15) is 0 Å². The van der Waals surface area contributed by atoms with Gasteiger partial charge in [0.15, 0.2) is 0 Å². The van der Waals surface area contributed by atoms with E-state index in [1.165, 1.54) is 0 Å². The third-order valence-electron chi connectivity index (χ3n) is 2.90. The molecule has 0 aromatic heterocycles. The van der Waals surface area contributed by atoms with E-state index in [1.54, 1.807) is 18.2 Å². The third-order valence-corrected chi connectivity index (χ3v) is 2.90. The fourth-order valence-electron chi connectivity index (χ4n) is 1.69. The van der Waals surface area contributed by atoms with Crippen LogP contribution >= 0.6 is 12.4 Å². The molecule has 0 aliphatic heterocycles. The highest BCUT2D eigenvalue weighted by Gasteiger charge is 2.08. The lowest BCUT2D eigenvalue weighted by atomic mass is 10.0. The lowest BCUT2D eigenvalue weighted by Gasteiger charge is -2.10. The second-order valence-corrected chi connectivity index (χ2v) is 4.25. The fraction of sp³-hybridized carbons (Fsp3) is 0.267. The SMILES string of the molecule is C=CC[C@H](N)/C(C)=C/Cc1ccccc1C(=O)O.Cl. The van der Waals surface area contributed by atoms with Crippen molar-refractivity contribution in [3.8, 4) is 0 Å². The van der Waals surface area contributed by atoms with E-state index in [0.717, 1.165) is 17.6 Å². The number of carboxylic acid groups (broad SMARTS) is 1. The van der Waals surface area contributed by atoms with Crippen LogP contribution in [0.1, 0.15) is 29.3 Å². The molecule has 0 amide bonds. The van der Waals surface area contributed by atoms with E-state index >= 15 is 0 Å². The molecule has 1 atom stereocenters. The standard InChI is InChI=1S/C15H19NO2.ClH/c1-3-6-14(16)11(2)9-10-12-7-4-5-8-13(12)15(17)18;/h3-5,7-9,14H,1,6,10,16H2,2H3,(H,17,18);1H/b11-9+;/t14-;/m0./s1. The van der Waals surface area contributed by atoms with Gasteiger partial charge in [0.25, 0.3) is 0 Å². The van der Waals surface area contributed by atoms with Crippen molar-refractivity contribution in [1.82, 2.24) is 0 Å². The Balaban J connectivity index is 0.00000324. The average molecular weight is 282 g/mol. The molecule has 0 fully saturated rings. The first-order chi connectivity index (χ1) is 8.56. The van der Waals surface area contributed by atoms with Gasteiger partial charge in [-0.1, -0.05) is 35.9 Å². The number of rotatable bonds is 6. The van der Waals surface area contributed by atoms with E-state index in [2.05, 4.69) is 6.58 Å². The molecule has 104 valence electrons. The first-order valence-corrected chi connectivity index (χ1v) is 5.90. The summed E-state index contributed by atoms with van der Waals surface area (Å²) in [6, 6.07) is 6.97. The van der Waals surface area contributed by atoms with Gasteiger partial charge in [0.1, 0.15) is 0 Å². The van der Waals surface area contributed by atoms with E-state index in [-0.39, 0.29) is 18.4 Å². The van der Waals surface area contributed by atoms with Crippen LogP contribution in [0, 0.1) is 0 Å². The van der Waals surface area contributed by atoms with Gasteiger partial charge >= 0.3 is 5.97 Å². The smallest absolute Gasteiger partial charge is 0.335 e. The number of benzene rings is 1. The molecule has 0 saturated carbocycles. The largest absolute Gasteiger partial charge is 0.478 e. The number of allylic oxidation sites excluding steroid dienone is 1. The molecule has 3 nitrogen and oxygen atoms in total. The first-order valence-electron chi connectivity index (χ1n) is 5.90. The van der Waals surface area contributed by atoms with Crippen molar-refractivity contribution in [2.75, 3.05) is 0 Å². The summed E-state index contributed by atoms with van der Waals surface area (Å²) >= 11 is 0. The van der Waals surface area contributed by atoms with Crippen LogP contribution in [0.3, 0.4) is 0 Å². The first kappa shape index (κ1) is 17.4. The Hall–Kier alpha value is -1.58. The van der Waals surface area contributed by atoms with Crippen LogP contribution in [0.4, 0.5) is 0 Å². The van der Waals surface area contributed by atoms with Gasteiger partial charge < -0.3 is 10.8 Å². The summed E-state index contributed by atoms with van der Waals surface area (Å²) in [5.41, 5.74) is 8.13. The summed E-state index contributed by atoms with van der Waals surface area (Å²) < 4.78 is 0. The molecule has 1 aromatic rings. The number of hydrogen-bond donors (Lipinski definition) is 2. The predicted octanol–water partition coefficient (Wildman–Crippen LogP) is 3.20. The second-order valence-electron chi connectivity index (χ2n) is 4.25. The summed E-state index contributed by atoms with van der Waals surface area (Å²) in [6.07, 6.45) is 5.07. The van der Waals surface area contributed by atoms with Crippen LogP contribution in [0.15, 0.2) is 48.6 Å². The zero-order valence-corrected chi connectivity index (χ0v) is 11.8. The van der Waals surface area contributed by atoms with Crippen molar-refractivity contribution >= 4 is 18.4 Å². The monoisotopic (exact) mass is 281 g/mol. The average Bonchev–Trinajstić information content (AvgIpc) is 2.36. The maximum absolute atomic E-state index is 11.0. The van der Waals surface area contributed by atoms with Gasteiger partial charge in [-0.25, -0.2) is 4.79 Å². The number of aromatic carboxylic acids is 1. The molecule has 0 spiro atoms. The minimum absolute atomic E-state index is 0. The highest BCUT2D eigenvalue weighted by atomic mass is 35.5. The molecule has 0 radical (unpaired) electrons. The highest BCUT2D eigenvalue weighted by molar-refractivity contribution is 5.89. The van der Waals surface area contributed by atoms with Gasteiger partial charge in [0.2, 0.25) is 0 Å². The van der Waals surface area contributed by atoms with Gasteiger partial charge in [-0.05, 0) is 31.4 Å². The zero-order valence-electron chi connectivity index (χ0n) is 11.0. The summed E-state index contributed by atoms with van der Waals surface area (Å²) in [5, 5.41) is 9.07. The summed E-state index contributed by atoms with van der Waals surface area (Å²) in [5.74, 6) is -0.896. The predicted molar refractivity (Wildman–Crippen MR) is 80.9 cm³/mol. The van der Waals surface area contributed by atoms with E-state index in [9.17, 15) is 4.79 Å². The van der Waals surface area contributed by atoms with Crippen molar-refractivity contribution in [1.29, 1.82) is 0 Å². The molecule has 0 saturated heterocycles. The lowest BCUT2D eigenvalue weighted by molar-refractivity contribution is 0.0696. The maximum Gasteiger partial charge on any atom is 0.335 e. The zero-order chi connectivity index (χ0) is 13.5. The van der Waals surface area contributed by atoms with Crippen molar-refractivity contribution in [3.05, 3.63) is 59.7 Å². The Morgan fingerprint density at radius 1 is 1.47 bits per heavy atom. The molecular weight excluding hydrogens is 262 g/mol. The molecule has 3 N–H and O–H groups in total. The molecule has 1 aromatic carbocycles. The highest BCUT2D eigenvalue weighted by Crippen LogP contribution is 2.12. The number of carbonyl (C=O) groups is 1. The van der Waals surface area contributed by atoms with Crippen LogP contribution < -0.4 is 5.73 Å². The van der Waals surface area contributed by atoms with Crippen molar-refractivity contribution in [2.24, 2.45) is 5.73 Å². The quantitative estimate of drug-likeness (QED) is 0.787. The number of carboxylic acids is 1. The molecule has 0 bridgehead atoms. The second kappa shape index (κ2) is 8.51. The minimum atomic E-state index is -0.896. The lowest BCUT2D eigenvalue weighted by Crippen LogP contribution is -2.20. The number of nitrogens with two attached hydrogens (primary N) is 1. The number of hydrogen-bond acceptors (Lipinski definition) is 2. The van der Waals surface area contributed by atoms with Crippen molar-refractivity contribution < 1.29 is 9.90 Å². The van der Waals surface area contributed by atoms with Crippen LogP contribution in [0.5, 0.6) is 0 Å². The van der Waals surface area contributed by atoms with Crippen LogP contribution in [0.2, 0.25) is 0 Å². The van der Waals surface area contributed by atoms with Gasteiger partial charge in [-0.15, -0.1) is 19.0 Å². The Morgan fingerprint density at radius 2 is 2.11 bits per heavy atom. The van der Waals surface area contributed by atoms with E-state index < -0.39 is 5.97 Å². The molecule has 0 aliphatic carbocycles. The topological polar surface area (TPSA) is 63.3 Å². The molecule has 1 rings (SSSR count). The maximum atomic E-state index is 11.0. The number of halogens is 1. The molecule has 0 unspecified atom stereocenters. The van der Waals surface area contributed by atoms with Crippen molar-refractivity contribution in [2.45, 2.75) is 25.8 Å². The minimum Gasteiger partial charge on any atom is -0.478 e. The molecule has 4 heteroatoms. The van der Waals surface area contributed by atoms with E-state index in [0.29, 0.717) is 12.0 Å². The van der Waals surface area contributed by atoms with Crippen LogP contribution in [-0.4, -0.2) is 17.1 Å². The van der Waals surface area contributed by atoms with Crippen LogP contribution in [-0.2, 0) is 6.42 Å². The normalized spacial score (nSPS) is 12.4. The summed E-state index contributed by atoms with van der Waals surface area (Å²) in [7, 11) is 0. The Morgan fingerprint density at radius 3 is 2.68 bits per heavy atom. The summed E-state index contributed by atoms with van der Waals surface area (Å²) in [6.45, 7) is 5.61. The third kappa shape index (κ3) is 5.28. The fourth-order valence-corrected chi connectivity index (χ4v) is 1.69. The molecular formula is C15H20ClNO2. The van der Waals surface area contributed by atoms with Crippen LogP contribution in [0.25, 0.3) is 0 Å². The molecule has 0 aliphatic rings. The van der Waals surface area contributed by atoms with Gasteiger partial charge in [0, 0.05) is 6.04 Å². The van der Waals surface area contributed by atoms with Gasteiger partial charge in [-0.3, -0.25) is 0 Å². The molecule has 0 heterocycles.